The number of aliphatic hydroxyl groups is 1. The predicted octanol–water partition coefficient (Wildman–Crippen LogP) is 1.07. The Labute approximate surface area is 153 Å². The summed E-state index contributed by atoms with van der Waals surface area (Å²) in [6, 6.07) is 4.18. The third-order valence-electron chi connectivity index (χ3n) is 4.81. The maximum Gasteiger partial charge on any atom is 0.236 e. The Morgan fingerprint density at radius 2 is 1.96 bits per heavy atom. The lowest BCUT2D eigenvalue weighted by atomic mass is 10.3. The third-order valence-corrected chi connectivity index (χ3v) is 5.80. The van der Waals surface area contributed by atoms with Crippen LogP contribution in [0.5, 0.6) is 0 Å². The number of hydrogen-bond donors (Lipinski definition) is 1. The zero-order chi connectivity index (χ0) is 17.8. The molecule has 1 unspecified atom stereocenters. The van der Waals surface area contributed by atoms with Crippen molar-refractivity contribution in [3.63, 3.8) is 0 Å². The van der Waals surface area contributed by atoms with Gasteiger partial charge in [0.1, 0.15) is 0 Å². The van der Waals surface area contributed by atoms with Gasteiger partial charge in [0.15, 0.2) is 0 Å². The zero-order valence-electron chi connectivity index (χ0n) is 14.8. The van der Waals surface area contributed by atoms with Crippen molar-refractivity contribution in [3.8, 4) is 0 Å². The summed E-state index contributed by atoms with van der Waals surface area (Å²) in [5.41, 5.74) is 0. The average Bonchev–Trinajstić information content (AvgIpc) is 3.11. The van der Waals surface area contributed by atoms with Crippen molar-refractivity contribution in [2.45, 2.75) is 38.8 Å². The summed E-state index contributed by atoms with van der Waals surface area (Å²) in [5, 5.41) is 10.3. The van der Waals surface area contributed by atoms with Crippen molar-refractivity contribution in [1.82, 2.24) is 14.7 Å². The maximum absolute atomic E-state index is 12.6. The normalized spacial score (nSPS) is 22.7. The summed E-state index contributed by atoms with van der Waals surface area (Å²) in [6.07, 6.45) is 1.84. The topological polar surface area (TPSA) is 64.1 Å². The molecule has 0 spiro atoms. The number of aliphatic hydroxyl groups excluding tert-OH is 1. The highest BCUT2D eigenvalue weighted by atomic mass is 32.1. The van der Waals surface area contributed by atoms with Crippen LogP contribution in [0, 0.1) is 6.92 Å². The molecule has 1 aromatic heterocycles. The molecule has 1 N–H and O–H groups in total. The Morgan fingerprint density at radius 3 is 2.64 bits per heavy atom. The van der Waals surface area contributed by atoms with Crippen molar-refractivity contribution in [3.05, 3.63) is 21.9 Å². The van der Waals surface area contributed by atoms with Crippen LogP contribution in [-0.2, 0) is 16.1 Å². The molecular weight excluding hydrogens is 338 g/mol. The van der Waals surface area contributed by atoms with Crippen LogP contribution >= 0.6 is 11.3 Å². The lowest BCUT2D eigenvalue weighted by Gasteiger charge is -2.23. The van der Waals surface area contributed by atoms with Crippen molar-refractivity contribution < 1.29 is 14.7 Å². The lowest BCUT2D eigenvalue weighted by molar-refractivity contribution is -0.131. The largest absolute Gasteiger partial charge is 0.390 e. The summed E-state index contributed by atoms with van der Waals surface area (Å²) in [6.45, 7) is 6.17. The highest BCUT2D eigenvalue weighted by Gasteiger charge is 2.27. The molecule has 3 heterocycles. The number of carbonyl (C=O) groups is 2. The van der Waals surface area contributed by atoms with E-state index in [0.29, 0.717) is 45.7 Å². The number of rotatable bonds is 6. The molecule has 2 fully saturated rings. The van der Waals surface area contributed by atoms with Gasteiger partial charge in [-0.3, -0.25) is 14.5 Å². The number of β-amino-alcohol motifs (C(OH)–C–C–N with tert-alkyl or cyclic N) is 1. The highest BCUT2D eigenvalue weighted by molar-refractivity contribution is 7.11. The van der Waals surface area contributed by atoms with E-state index in [1.165, 1.54) is 9.75 Å². The monoisotopic (exact) mass is 365 g/mol. The summed E-state index contributed by atoms with van der Waals surface area (Å²) in [5.74, 6) is 0.289. The van der Waals surface area contributed by atoms with E-state index in [9.17, 15) is 14.7 Å². The Kier molecular flexibility index (Phi) is 6.09. The molecule has 1 atom stereocenters. The molecule has 0 saturated carbocycles. The van der Waals surface area contributed by atoms with Crippen LogP contribution in [0.15, 0.2) is 12.1 Å². The minimum absolute atomic E-state index is 0.0672. The van der Waals surface area contributed by atoms with Crippen LogP contribution in [0.2, 0.25) is 0 Å². The van der Waals surface area contributed by atoms with E-state index in [0.717, 1.165) is 19.4 Å². The molecule has 25 heavy (non-hydrogen) atoms. The summed E-state index contributed by atoms with van der Waals surface area (Å²) in [7, 11) is 0. The molecule has 2 saturated heterocycles. The Morgan fingerprint density at radius 1 is 1.16 bits per heavy atom. The van der Waals surface area contributed by atoms with Crippen molar-refractivity contribution in [2.75, 3.05) is 39.3 Å². The van der Waals surface area contributed by atoms with Gasteiger partial charge in [-0.15, -0.1) is 11.3 Å². The van der Waals surface area contributed by atoms with Crippen molar-refractivity contribution >= 4 is 23.2 Å². The molecule has 2 amide bonds. The second-order valence-electron chi connectivity index (χ2n) is 7.01. The fraction of sp³-hybridized carbons (Fsp3) is 0.667. The van der Waals surface area contributed by atoms with Gasteiger partial charge in [-0.05, 0) is 31.9 Å². The van der Waals surface area contributed by atoms with Gasteiger partial charge in [-0.1, -0.05) is 0 Å². The van der Waals surface area contributed by atoms with Gasteiger partial charge in [-0.2, -0.15) is 0 Å². The molecule has 7 heteroatoms. The smallest absolute Gasteiger partial charge is 0.236 e. The number of thiophene rings is 1. The first-order chi connectivity index (χ1) is 12.0. The first-order valence-corrected chi connectivity index (χ1v) is 9.84. The molecule has 3 rings (SSSR count). The van der Waals surface area contributed by atoms with Crippen LogP contribution < -0.4 is 0 Å². The third kappa shape index (κ3) is 5.03. The molecule has 1 aromatic rings. The Balaban J connectivity index is 1.50. The van der Waals surface area contributed by atoms with Gasteiger partial charge >= 0.3 is 0 Å². The molecule has 0 bridgehead atoms. The molecule has 0 aliphatic carbocycles. The number of likely N-dealkylation sites (tertiary alicyclic amines) is 1. The second-order valence-corrected chi connectivity index (χ2v) is 8.39. The van der Waals surface area contributed by atoms with E-state index in [1.54, 1.807) is 16.2 Å². The first-order valence-electron chi connectivity index (χ1n) is 9.02. The predicted molar refractivity (Wildman–Crippen MR) is 97.4 cm³/mol. The van der Waals surface area contributed by atoms with Gasteiger partial charge in [-0.25, -0.2) is 0 Å². The fourth-order valence-corrected chi connectivity index (χ4v) is 4.52. The van der Waals surface area contributed by atoms with Crippen molar-refractivity contribution in [1.29, 1.82) is 0 Å². The van der Waals surface area contributed by atoms with Gasteiger partial charge in [0, 0.05) is 55.4 Å². The standard InChI is InChI=1S/C18H27N3O3S/c1-14-5-6-16(25-14)12-19-10-15(22)11-21(18(24)13-19)9-3-8-20-7-2-4-17(20)23/h5-6,15,22H,2-4,7-13H2,1H3. The summed E-state index contributed by atoms with van der Waals surface area (Å²) in [4.78, 5) is 32.3. The number of nitrogens with zero attached hydrogens (tertiary/aromatic N) is 3. The molecule has 2 aliphatic heterocycles. The molecule has 0 aromatic carbocycles. The van der Waals surface area contributed by atoms with E-state index in [-0.39, 0.29) is 11.8 Å². The van der Waals surface area contributed by atoms with Crippen LogP contribution in [0.25, 0.3) is 0 Å². The maximum atomic E-state index is 12.6. The van der Waals surface area contributed by atoms with Crippen molar-refractivity contribution in [2.24, 2.45) is 0 Å². The molecule has 6 nitrogen and oxygen atoms in total. The van der Waals surface area contributed by atoms with Gasteiger partial charge in [0.2, 0.25) is 11.8 Å². The molecule has 138 valence electrons. The lowest BCUT2D eigenvalue weighted by Crippen LogP contribution is -2.39. The van der Waals surface area contributed by atoms with E-state index in [4.69, 9.17) is 0 Å². The van der Waals surface area contributed by atoms with E-state index < -0.39 is 6.10 Å². The number of aryl methyl sites for hydroxylation is 1. The summed E-state index contributed by atoms with van der Waals surface area (Å²) >= 11 is 1.73. The average molecular weight is 365 g/mol. The van der Waals surface area contributed by atoms with E-state index >= 15 is 0 Å². The molecule has 2 aliphatic rings. The SMILES string of the molecule is Cc1ccc(CN2CC(=O)N(CCCN3CCCC3=O)CC(O)C2)s1. The second kappa shape index (κ2) is 8.29. The number of hydrogen-bond acceptors (Lipinski definition) is 5. The zero-order valence-corrected chi connectivity index (χ0v) is 15.6. The van der Waals surface area contributed by atoms with E-state index in [1.807, 2.05) is 9.80 Å². The van der Waals surface area contributed by atoms with Gasteiger partial charge < -0.3 is 14.9 Å². The van der Waals surface area contributed by atoms with Crippen LogP contribution in [-0.4, -0.2) is 77.0 Å². The van der Waals surface area contributed by atoms with Crippen LogP contribution in [0.3, 0.4) is 0 Å². The highest BCUT2D eigenvalue weighted by Crippen LogP contribution is 2.18. The van der Waals surface area contributed by atoms with Crippen LogP contribution in [0.4, 0.5) is 0 Å². The minimum Gasteiger partial charge on any atom is -0.390 e. The minimum atomic E-state index is -0.527. The van der Waals surface area contributed by atoms with Crippen LogP contribution in [0.1, 0.15) is 29.0 Å². The Hall–Kier alpha value is -1.44. The first kappa shape index (κ1) is 18.4. The number of amides is 2. The van der Waals surface area contributed by atoms with Gasteiger partial charge in [0.25, 0.3) is 0 Å². The summed E-state index contributed by atoms with van der Waals surface area (Å²) < 4.78 is 0. The Bertz CT molecular complexity index is 618. The molecular formula is C18H27N3O3S. The molecule has 0 radical (unpaired) electrons. The quantitative estimate of drug-likeness (QED) is 0.819. The fourth-order valence-electron chi connectivity index (χ4n) is 3.59. The van der Waals surface area contributed by atoms with Gasteiger partial charge in [0.05, 0.1) is 12.6 Å². The van der Waals surface area contributed by atoms with E-state index in [2.05, 4.69) is 19.1 Å². The number of carbonyl (C=O) groups excluding carboxylic acids is 2.